The number of phenolic OH excluding ortho intramolecular Hbond substituents is 2. The molecule has 114 valence electrons. The highest BCUT2D eigenvalue weighted by Crippen LogP contribution is 2.47. The molecule has 4 heteroatoms. The van der Waals surface area contributed by atoms with Crippen LogP contribution in [0.4, 0.5) is 0 Å². The maximum Gasteiger partial charge on any atom is 0.201 e. The fourth-order valence-electron chi connectivity index (χ4n) is 2.59. The SMILES string of the molecule is Cc1ccc(C2=CC(N(C)C)c3ccc(O)c(O)c3O2)cc1. The monoisotopic (exact) mass is 297 g/mol. The third-order valence-corrected chi connectivity index (χ3v) is 3.87. The average Bonchev–Trinajstić information content (AvgIpc) is 2.51. The van der Waals surface area contributed by atoms with Crippen LogP contribution in [0.25, 0.3) is 5.76 Å². The highest BCUT2D eigenvalue weighted by atomic mass is 16.5. The minimum Gasteiger partial charge on any atom is -0.504 e. The molecule has 0 spiro atoms. The number of aromatic hydroxyl groups is 2. The number of ether oxygens (including phenoxy) is 1. The van der Waals surface area contributed by atoms with E-state index >= 15 is 0 Å². The Morgan fingerprint density at radius 1 is 1.00 bits per heavy atom. The first-order valence-electron chi connectivity index (χ1n) is 7.15. The molecule has 0 radical (unpaired) electrons. The molecule has 0 aromatic heterocycles. The Kier molecular flexibility index (Phi) is 3.54. The summed E-state index contributed by atoms with van der Waals surface area (Å²) in [6.07, 6.45) is 2.02. The third kappa shape index (κ3) is 2.42. The molecule has 0 aliphatic carbocycles. The molecule has 1 heterocycles. The van der Waals surface area contributed by atoms with E-state index in [0.29, 0.717) is 11.5 Å². The molecule has 1 aliphatic heterocycles. The predicted octanol–water partition coefficient (Wildman–Crippen LogP) is 3.44. The smallest absolute Gasteiger partial charge is 0.201 e. The summed E-state index contributed by atoms with van der Waals surface area (Å²) in [6.45, 7) is 2.03. The topological polar surface area (TPSA) is 52.9 Å². The standard InChI is InChI=1S/C18H19NO3/c1-11-4-6-12(7-5-11)16-10-14(19(2)3)13-8-9-15(20)17(21)18(13)22-16/h4-10,14,20-21H,1-3H3. The largest absolute Gasteiger partial charge is 0.504 e. The number of nitrogens with zero attached hydrogens (tertiary/aromatic N) is 1. The van der Waals surface area contributed by atoms with Gasteiger partial charge >= 0.3 is 0 Å². The molecule has 0 saturated heterocycles. The second kappa shape index (κ2) is 5.39. The maximum absolute atomic E-state index is 10.1. The molecule has 1 unspecified atom stereocenters. The third-order valence-electron chi connectivity index (χ3n) is 3.87. The molecule has 2 aromatic carbocycles. The zero-order valence-electron chi connectivity index (χ0n) is 12.9. The van der Waals surface area contributed by atoms with Crippen LogP contribution in [0.5, 0.6) is 17.2 Å². The summed E-state index contributed by atoms with van der Waals surface area (Å²) in [4.78, 5) is 2.03. The van der Waals surface area contributed by atoms with Gasteiger partial charge in [0.1, 0.15) is 5.76 Å². The van der Waals surface area contributed by atoms with Crippen molar-refractivity contribution in [1.82, 2.24) is 4.90 Å². The van der Waals surface area contributed by atoms with Crippen LogP contribution in [-0.4, -0.2) is 29.2 Å². The molecule has 4 nitrogen and oxygen atoms in total. The normalized spacial score (nSPS) is 16.9. The molecule has 2 aromatic rings. The van der Waals surface area contributed by atoms with Gasteiger partial charge < -0.3 is 14.9 Å². The van der Waals surface area contributed by atoms with Gasteiger partial charge in [-0.3, -0.25) is 4.90 Å². The molecule has 1 aliphatic rings. The van der Waals surface area contributed by atoms with Crippen LogP contribution >= 0.6 is 0 Å². The summed E-state index contributed by atoms with van der Waals surface area (Å²) in [5, 5.41) is 19.9. The summed E-state index contributed by atoms with van der Waals surface area (Å²) < 4.78 is 5.87. The van der Waals surface area contributed by atoms with Crippen molar-refractivity contribution in [2.24, 2.45) is 0 Å². The molecule has 22 heavy (non-hydrogen) atoms. The quantitative estimate of drug-likeness (QED) is 0.834. The van der Waals surface area contributed by atoms with Crippen molar-refractivity contribution >= 4 is 5.76 Å². The molecular formula is C18H19NO3. The van der Waals surface area contributed by atoms with E-state index < -0.39 is 0 Å². The number of aryl methyl sites for hydroxylation is 1. The van der Waals surface area contributed by atoms with Crippen LogP contribution in [0.15, 0.2) is 42.5 Å². The van der Waals surface area contributed by atoms with Gasteiger partial charge in [-0.15, -0.1) is 0 Å². The number of benzene rings is 2. The van der Waals surface area contributed by atoms with Crippen molar-refractivity contribution in [2.45, 2.75) is 13.0 Å². The van der Waals surface area contributed by atoms with E-state index in [9.17, 15) is 10.2 Å². The van der Waals surface area contributed by atoms with Gasteiger partial charge in [0.15, 0.2) is 11.5 Å². The van der Waals surface area contributed by atoms with Crippen LogP contribution in [0.1, 0.15) is 22.7 Å². The number of fused-ring (bicyclic) bond motifs is 1. The lowest BCUT2D eigenvalue weighted by Gasteiger charge is -2.30. The van der Waals surface area contributed by atoms with Gasteiger partial charge in [-0.05, 0) is 39.2 Å². The molecule has 0 bridgehead atoms. The van der Waals surface area contributed by atoms with E-state index in [0.717, 1.165) is 11.1 Å². The van der Waals surface area contributed by atoms with Gasteiger partial charge in [-0.2, -0.15) is 0 Å². The van der Waals surface area contributed by atoms with E-state index in [1.54, 1.807) is 6.07 Å². The zero-order chi connectivity index (χ0) is 15.9. The molecule has 0 amide bonds. The molecular weight excluding hydrogens is 278 g/mol. The van der Waals surface area contributed by atoms with Crippen LogP contribution in [-0.2, 0) is 0 Å². The fraction of sp³-hybridized carbons (Fsp3) is 0.222. The lowest BCUT2D eigenvalue weighted by atomic mass is 9.98. The number of phenols is 2. The first kappa shape index (κ1) is 14.5. The summed E-state index contributed by atoms with van der Waals surface area (Å²) in [5.41, 5.74) is 2.94. The summed E-state index contributed by atoms with van der Waals surface area (Å²) in [5.74, 6) is 0.590. The number of hydrogen-bond acceptors (Lipinski definition) is 4. The Hall–Kier alpha value is -2.46. The molecule has 0 saturated carbocycles. The fourth-order valence-corrected chi connectivity index (χ4v) is 2.59. The summed E-state index contributed by atoms with van der Waals surface area (Å²) in [7, 11) is 3.93. The van der Waals surface area contributed by atoms with Crippen molar-refractivity contribution in [3.8, 4) is 17.2 Å². The second-order valence-electron chi connectivity index (χ2n) is 5.76. The lowest BCUT2D eigenvalue weighted by Crippen LogP contribution is -2.22. The molecule has 1 atom stereocenters. The van der Waals surface area contributed by atoms with Crippen LogP contribution < -0.4 is 4.74 Å². The first-order valence-corrected chi connectivity index (χ1v) is 7.15. The van der Waals surface area contributed by atoms with Crippen molar-refractivity contribution < 1.29 is 14.9 Å². The van der Waals surface area contributed by atoms with E-state index in [4.69, 9.17) is 4.74 Å². The molecule has 3 rings (SSSR count). The number of rotatable bonds is 2. The van der Waals surface area contributed by atoms with Gasteiger partial charge in [0.25, 0.3) is 0 Å². The lowest BCUT2D eigenvalue weighted by molar-refractivity contribution is 0.317. The highest BCUT2D eigenvalue weighted by Gasteiger charge is 2.27. The van der Waals surface area contributed by atoms with E-state index in [2.05, 4.69) is 0 Å². The van der Waals surface area contributed by atoms with Crippen molar-refractivity contribution in [3.63, 3.8) is 0 Å². The summed E-state index contributed by atoms with van der Waals surface area (Å²) >= 11 is 0. The van der Waals surface area contributed by atoms with Crippen LogP contribution in [0.3, 0.4) is 0 Å². The number of likely N-dealkylation sites (N-methyl/N-ethyl adjacent to an activating group) is 1. The Morgan fingerprint density at radius 3 is 2.32 bits per heavy atom. The second-order valence-corrected chi connectivity index (χ2v) is 5.76. The average molecular weight is 297 g/mol. The van der Waals surface area contributed by atoms with Gasteiger partial charge in [-0.1, -0.05) is 29.8 Å². The summed E-state index contributed by atoms with van der Waals surface area (Å²) in [6, 6.07) is 11.2. The first-order chi connectivity index (χ1) is 10.5. The maximum atomic E-state index is 10.1. The molecule has 0 fully saturated rings. The van der Waals surface area contributed by atoms with Crippen molar-refractivity contribution in [2.75, 3.05) is 14.1 Å². The zero-order valence-corrected chi connectivity index (χ0v) is 12.9. The minimum absolute atomic E-state index is 0.0356. The highest BCUT2D eigenvalue weighted by molar-refractivity contribution is 5.70. The molecule has 2 N–H and O–H groups in total. The van der Waals surface area contributed by atoms with E-state index in [1.165, 1.54) is 11.6 Å². The van der Waals surface area contributed by atoms with Crippen LogP contribution in [0, 0.1) is 6.92 Å². The van der Waals surface area contributed by atoms with E-state index in [-0.39, 0.29) is 17.5 Å². The number of hydrogen-bond donors (Lipinski definition) is 2. The Bertz CT molecular complexity index is 733. The van der Waals surface area contributed by atoms with Gasteiger partial charge in [0.05, 0.1) is 6.04 Å². The van der Waals surface area contributed by atoms with Crippen LogP contribution in [0.2, 0.25) is 0 Å². The van der Waals surface area contributed by atoms with E-state index in [1.807, 2.05) is 56.3 Å². The van der Waals surface area contributed by atoms with Gasteiger partial charge in [-0.25, -0.2) is 0 Å². The Balaban J connectivity index is 2.11. The Morgan fingerprint density at radius 2 is 1.68 bits per heavy atom. The minimum atomic E-state index is -0.220. The van der Waals surface area contributed by atoms with Crippen molar-refractivity contribution in [1.29, 1.82) is 0 Å². The predicted molar refractivity (Wildman–Crippen MR) is 86.0 cm³/mol. The van der Waals surface area contributed by atoms with Gasteiger partial charge in [0.2, 0.25) is 5.75 Å². The van der Waals surface area contributed by atoms with Crippen molar-refractivity contribution in [3.05, 3.63) is 59.2 Å². The van der Waals surface area contributed by atoms with Gasteiger partial charge in [0, 0.05) is 11.1 Å². The Labute approximate surface area is 129 Å².